The zero-order chi connectivity index (χ0) is 17.2. The summed E-state index contributed by atoms with van der Waals surface area (Å²) < 4.78 is 60.6. The van der Waals surface area contributed by atoms with E-state index in [0.717, 1.165) is 18.2 Å². The van der Waals surface area contributed by atoms with Crippen LogP contribution in [0.5, 0.6) is 0 Å². The highest BCUT2D eigenvalue weighted by Crippen LogP contribution is 2.34. The van der Waals surface area contributed by atoms with Crippen molar-refractivity contribution in [3.05, 3.63) is 35.4 Å². The average Bonchev–Trinajstić information content (AvgIpc) is 2.44. The maximum Gasteiger partial charge on any atom is 0.269 e. The van der Waals surface area contributed by atoms with Crippen LogP contribution in [-0.2, 0) is 9.53 Å². The number of alkyl halides is 2. The minimum absolute atomic E-state index is 0.216. The SMILES string of the molecule is CN1CCOC(C(=O)NC(c2c(F)cccc2F)C(C)(F)F)C1. The zero-order valence-corrected chi connectivity index (χ0v) is 12.8. The van der Waals surface area contributed by atoms with Gasteiger partial charge in [-0.05, 0) is 19.2 Å². The first-order chi connectivity index (χ1) is 10.7. The third-order valence-corrected chi connectivity index (χ3v) is 3.64. The molecular weight excluding hydrogens is 316 g/mol. The fourth-order valence-electron chi connectivity index (χ4n) is 2.41. The van der Waals surface area contributed by atoms with Crippen molar-refractivity contribution in [3.8, 4) is 0 Å². The molecule has 128 valence electrons. The van der Waals surface area contributed by atoms with Crippen molar-refractivity contribution in [2.45, 2.75) is 25.0 Å². The van der Waals surface area contributed by atoms with Gasteiger partial charge in [-0.3, -0.25) is 4.79 Å². The predicted octanol–water partition coefficient (Wildman–Crippen LogP) is 2.11. The molecule has 1 saturated heterocycles. The number of rotatable bonds is 4. The molecule has 0 aliphatic carbocycles. The third-order valence-electron chi connectivity index (χ3n) is 3.64. The van der Waals surface area contributed by atoms with Crippen LogP contribution in [0, 0.1) is 11.6 Å². The highest BCUT2D eigenvalue weighted by Gasteiger charge is 2.41. The monoisotopic (exact) mass is 334 g/mol. The van der Waals surface area contributed by atoms with Crippen LogP contribution in [0.2, 0.25) is 0 Å². The van der Waals surface area contributed by atoms with E-state index in [1.807, 2.05) is 5.32 Å². The molecule has 0 radical (unpaired) electrons. The van der Waals surface area contributed by atoms with Crippen LogP contribution in [-0.4, -0.2) is 49.6 Å². The summed E-state index contributed by atoms with van der Waals surface area (Å²) in [7, 11) is 1.76. The van der Waals surface area contributed by atoms with Crippen molar-refractivity contribution in [1.82, 2.24) is 10.2 Å². The van der Waals surface area contributed by atoms with Crippen molar-refractivity contribution in [2.24, 2.45) is 0 Å². The van der Waals surface area contributed by atoms with E-state index in [1.54, 1.807) is 11.9 Å². The van der Waals surface area contributed by atoms with Gasteiger partial charge in [-0.25, -0.2) is 17.6 Å². The summed E-state index contributed by atoms with van der Waals surface area (Å²) in [6.07, 6.45) is -0.964. The number of hydrogen-bond donors (Lipinski definition) is 1. The number of amides is 1. The summed E-state index contributed by atoms with van der Waals surface area (Å²) in [5.41, 5.74) is -0.863. The van der Waals surface area contributed by atoms with Crippen LogP contribution in [0.25, 0.3) is 0 Å². The molecule has 1 N–H and O–H groups in total. The number of carbonyl (C=O) groups excluding carboxylic acids is 1. The Hall–Kier alpha value is -1.67. The molecule has 1 amide bonds. The number of halogens is 4. The number of hydrogen-bond acceptors (Lipinski definition) is 3. The molecular formula is C15H18F4N2O2. The Morgan fingerprint density at radius 3 is 2.52 bits per heavy atom. The van der Waals surface area contributed by atoms with Crippen molar-refractivity contribution < 1.29 is 27.1 Å². The molecule has 2 rings (SSSR count). The molecule has 0 bridgehead atoms. The van der Waals surface area contributed by atoms with Crippen molar-refractivity contribution in [2.75, 3.05) is 26.7 Å². The van der Waals surface area contributed by atoms with E-state index in [-0.39, 0.29) is 13.2 Å². The maximum atomic E-state index is 13.8. The fourth-order valence-corrected chi connectivity index (χ4v) is 2.41. The summed E-state index contributed by atoms with van der Waals surface area (Å²) in [5.74, 6) is -6.66. The smallest absolute Gasteiger partial charge is 0.269 e. The fraction of sp³-hybridized carbons (Fsp3) is 0.533. The third kappa shape index (κ3) is 4.20. The van der Waals surface area contributed by atoms with Gasteiger partial charge in [0.2, 0.25) is 0 Å². The van der Waals surface area contributed by atoms with Gasteiger partial charge in [0, 0.05) is 20.0 Å². The molecule has 1 fully saturated rings. The van der Waals surface area contributed by atoms with E-state index >= 15 is 0 Å². The van der Waals surface area contributed by atoms with Crippen LogP contribution in [0.1, 0.15) is 18.5 Å². The number of nitrogens with zero attached hydrogens (tertiary/aromatic N) is 1. The molecule has 23 heavy (non-hydrogen) atoms. The van der Waals surface area contributed by atoms with E-state index in [2.05, 4.69) is 0 Å². The first-order valence-electron chi connectivity index (χ1n) is 7.12. The van der Waals surface area contributed by atoms with Gasteiger partial charge in [-0.2, -0.15) is 0 Å². The Morgan fingerprint density at radius 2 is 2.00 bits per heavy atom. The van der Waals surface area contributed by atoms with E-state index in [0.29, 0.717) is 13.5 Å². The van der Waals surface area contributed by atoms with Gasteiger partial charge in [-0.1, -0.05) is 6.07 Å². The van der Waals surface area contributed by atoms with Crippen LogP contribution in [0.15, 0.2) is 18.2 Å². The average molecular weight is 334 g/mol. The van der Waals surface area contributed by atoms with Gasteiger partial charge in [0.05, 0.1) is 12.2 Å². The molecule has 2 unspecified atom stereocenters. The number of ether oxygens (including phenoxy) is 1. The molecule has 1 aromatic rings. The second kappa shape index (κ2) is 6.84. The van der Waals surface area contributed by atoms with Crippen molar-refractivity contribution in [1.29, 1.82) is 0 Å². The molecule has 0 aromatic heterocycles. The quantitative estimate of drug-likeness (QED) is 0.858. The lowest BCUT2D eigenvalue weighted by atomic mass is 9.99. The Kier molecular flexibility index (Phi) is 5.26. The Morgan fingerprint density at radius 1 is 1.39 bits per heavy atom. The van der Waals surface area contributed by atoms with Crippen LogP contribution >= 0.6 is 0 Å². The second-order valence-electron chi connectivity index (χ2n) is 5.65. The van der Waals surface area contributed by atoms with Crippen LogP contribution in [0.3, 0.4) is 0 Å². The van der Waals surface area contributed by atoms with Gasteiger partial charge in [0.25, 0.3) is 11.8 Å². The molecule has 0 spiro atoms. The standard InChI is InChI=1S/C15H18F4N2O2/c1-15(18,19)13(12-9(16)4-3-5-10(12)17)20-14(22)11-8-21(2)6-7-23-11/h3-5,11,13H,6-8H2,1-2H3,(H,20,22). The molecule has 1 aromatic carbocycles. The van der Waals surface area contributed by atoms with E-state index in [4.69, 9.17) is 4.74 Å². The summed E-state index contributed by atoms with van der Waals surface area (Å²) in [6.45, 7) is 1.60. The van der Waals surface area contributed by atoms with Crippen LogP contribution in [0.4, 0.5) is 17.6 Å². The molecule has 2 atom stereocenters. The highest BCUT2D eigenvalue weighted by atomic mass is 19.3. The predicted molar refractivity (Wildman–Crippen MR) is 75.1 cm³/mol. The lowest BCUT2D eigenvalue weighted by Gasteiger charge is -2.32. The molecule has 1 aliphatic heterocycles. The molecule has 1 aliphatic rings. The number of morpholine rings is 1. The maximum absolute atomic E-state index is 13.8. The lowest BCUT2D eigenvalue weighted by molar-refractivity contribution is -0.142. The highest BCUT2D eigenvalue weighted by molar-refractivity contribution is 5.81. The summed E-state index contributed by atoms with van der Waals surface area (Å²) in [4.78, 5) is 14.0. The number of nitrogens with one attached hydrogen (secondary N) is 1. The Bertz CT molecular complexity index is 557. The zero-order valence-electron chi connectivity index (χ0n) is 12.8. The van der Waals surface area contributed by atoms with Crippen molar-refractivity contribution >= 4 is 5.91 Å². The van der Waals surface area contributed by atoms with E-state index < -0.39 is 41.2 Å². The van der Waals surface area contributed by atoms with Crippen LogP contribution < -0.4 is 5.32 Å². The number of benzene rings is 1. The summed E-state index contributed by atoms with van der Waals surface area (Å²) in [5, 5.41) is 2.02. The lowest BCUT2D eigenvalue weighted by Crippen LogP contribution is -2.51. The first-order valence-corrected chi connectivity index (χ1v) is 7.12. The largest absolute Gasteiger partial charge is 0.366 e. The number of likely N-dealkylation sites (N-methyl/N-ethyl adjacent to an activating group) is 1. The van der Waals surface area contributed by atoms with Gasteiger partial charge in [0.1, 0.15) is 23.8 Å². The minimum atomic E-state index is -3.56. The van der Waals surface area contributed by atoms with Gasteiger partial charge < -0.3 is 15.0 Å². The molecule has 1 heterocycles. The molecule has 4 nitrogen and oxygen atoms in total. The molecule has 0 saturated carbocycles. The Balaban J connectivity index is 2.25. The van der Waals surface area contributed by atoms with Crippen molar-refractivity contribution in [3.63, 3.8) is 0 Å². The van der Waals surface area contributed by atoms with Gasteiger partial charge >= 0.3 is 0 Å². The first kappa shape index (κ1) is 17.7. The van der Waals surface area contributed by atoms with Gasteiger partial charge in [-0.15, -0.1) is 0 Å². The molecule has 8 heteroatoms. The number of carbonyl (C=O) groups is 1. The van der Waals surface area contributed by atoms with E-state index in [9.17, 15) is 22.4 Å². The van der Waals surface area contributed by atoms with Gasteiger partial charge in [0.15, 0.2) is 0 Å². The summed E-state index contributed by atoms with van der Waals surface area (Å²) >= 11 is 0. The normalized spacial score (nSPS) is 21.0. The minimum Gasteiger partial charge on any atom is -0.366 e. The summed E-state index contributed by atoms with van der Waals surface area (Å²) in [6, 6.07) is 0.689. The Labute approximate surface area is 131 Å². The second-order valence-corrected chi connectivity index (χ2v) is 5.65. The topological polar surface area (TPSA) is 41.6 Å². The van der Waals surface area contributed by atoms with E-state index in [1.165, 1.54) is 0 Å².